The fourth-order valence-electron chi connectivity index (χ4n) is 3.06. The molecule has 138 valence electrons. The Hall–Kier alpha value is -2.67. The Bertz CT molecular complexity index is 965. The van der Waals surface area contributed by atoms with Gasteiger partial charge in [-0.25, -0.2) is 9.18 Å². The Morgan fingerprint density at radius 2 is 1.85 bits per heavy atom. The zero-order valence-corrected chi connectivity index (χ0v) is 15.4. The minimum absolute atomic E-state index is 0.228. The molecule has 1 aliphatic rings. The fraction of sp³-hybridized carbons (Fsp3) is 0.250. The van der Waals surface area contributed by atoms with Crippen LogP contribution in [0.3, 0.4) is 0 Å². The van der Waals surface area contributed by atoms with Crippen LogP contribution < -0.4 is 0 Å². The molecule has 0 aliphatic carbocycles. The van der Waals surface area contributed by atoms with E-state index in [1.54, 1.807) is 28.8 Å². The molecule has 0 saturated carbocycles. The molecular weight excluding hydrogens is 365 g/mol. The number of benzene rings is 2. The van der Waals surface area contributed by atoms with Crippen molar-refractivity contribution in [3.63, 3.8) is 0 Å². The van der Waals surface area contributed by atoms with Crippen molar-refractivity contribution < 1.29 is 13.9 Å². The lowest BCUT2D eigenvalue weighted by Gasteiger charge is -2.12. The third kappa shape index (κ3) is 3.88. The molecule has 1 saturated heterocycles. The number of rotatable bonds is 6. The van der Waals surface area contributed by atoms with Crippen molar-refractivity contribution in [2.45, 2.75) is 11.4 Å². The summed E-state index contributed by atoms with van der Waals surface area (Å²) in [6.45, 7) is 1.83. The molecule has 0 bridgehead atoms. The van der Waals surface area contributed by atoms with Gasteiger partial charge in [0.15, 0.2) is 0 Å². The van der Waals surface area contributed by atoms with Crippen molar-refractivity contribution in [2.75, 3.05) is 25.4 Å². The number of fused-ring (bicyclic) bond motifs is 1. The van der Waals surface area contributed by atoms with Gasteiger partial charge in [-0.15, -0.1) is 22.0 Å². The average molecular weight is 383 g/mol. The van der Waals surface area contributed by atoms with Gasteiger partial charge in [0.25, 0.3) is 0 Å². The molecule has 1 aliphatic heterocycles. The number of cyclic esters (lactones) is 1. The van der Waals surface area contributed by atoms with Crippen LogP contribution in [-0.2, 0) is 4.74 Å². The number of hydrogen-bond donors (Lipinski definition) is 0. The molecule has 0 atom stereocenters. The number of nitrogens with zero attached hydrogens (tertiary/aromatic N) is 3. The zero-order chi connectivity index (χ0) is 18.6. The quantitative estimate of drug-likeness (QED) is 0.467. The molecule has 2 heterocycles. The van der Waals surface area contributed by atoms with Gasteiger partial charge in [0.2, 0.25) is 0 Å². The Morgan fingerprint density at radius 3 is 2.59 bits per heavy atom. The molecule has 1 aromatic heterocycles. The van der Waals surface area contributed by atoms with E-state index in [-0.39, 0.29) is 11.9 Å². The minimum atomic E-state index is -0.273. The summed E-state index contributed by atoms with van der Waals surface area (Å²) in [5, 5.41) is 11.7. The lowest BCUT2D eigenvalue weighted by Crippen LogP contribution is -2.25. The highest BCUT2D eigenvalue weighted by molar-refractivity contribution is 7.99. The second kappa shape index (κ2) is 7.92. The van der Waals surface area contributed by atoms with Crippen LogP contribution in [0.15, 0.2) is 53.6 Å². The number of carbonyl (C=O) groups excluding carboxylic acids is 1. The first kappa shape index (κ1) is 17.7. The van der Waals surface area contributed by atoms with Crippen LogP contribution in [0.25, 0.3) is 22.0 Å². The van der Waals surface area contributed by atoms with Crippen LogP contribution in [0.1, 0.15) is 6.42 Å². The number of ether oxygens (including phenoxy) is 1. The van der Waals surface area contributed by atoms with Gasteiger partial charge in [-0.2, -0.15) is 0 Å². The molecule has 0 N–H and O–H groups in total. The molecule has 3 aromatic rings. The molecule has 2 aromatic carbocycles. The third-order valence-corrected chi connectivity index (χ3v) is 5.49. The molecule has 0 unspecified atom stereocenters. The second-order valence-electron chi connectivity index (χ2n) is 6.21. The molecule has 1 amide bonds. The highest BCUT2D eigenvalue weighted by Gasteiger charge is 2.21. The van der Waals surface area contributed by atoms with Gasteiger partial charge in [-0.05, 0) is 30.7 Å². The third-order valence-electron chi connectivity index (χ3n) is 4.43. The first-order valence-corrected chi connectivity index (χ1v) is 9.77. The van der Waals surface area contributed by atoms with Gasteiger partial charge in [-0.3, -0.25) is 0 Å². The summed E-state index contributed by atoms with van der Waals surface area (Å²) in [6, 6.07) is 14.3. The summed E-state index contributed by atoms with van der Waals surface area (Å²) >= 11 is 1.63. The van der Waals surface area contributed by atoms with E-state index in [1.807, 2.05) is 24.3 Å². The maximum absolute atomic E-state index is 13.2. The minimum Gasteiger partial charge on any atom is -0.448 e. The predicted molar refractivity (Wildman–Crippen MR) is 103 cm³/mol. The molecule has 5 nitrogen and oxygen atoms in total. The SMILES string of the molecule is O=C1OCCN1CCCSc1nnc(-c2ccc(F)cc2)c2ccccc12. The summed E-state index contributed by atoms with van der Waals surface area (Å²) in [7, 11) is 0. The smallest absolute Gasteiger partial charge is 0.409 e. The maximum Gasteiger partial charge on any atom is 0.409 e. The van der Waals surface area contributed by atoms with E-state index in [1.165, 1.54) is 12.1 Å². The van der Waals surface area contributed by atoms with Gasteiger partial charge >= 0.3 is 6.09 Å². The van der Waals surface area contributed by atoms with Crippen molar-refractivity contribution in [1.82, 2.24) is 15.1 Å². The van der Waals surface area contributed by atoms with E-state index in [4.69, 9.17) is 4.74 Å². The normalized spacial score (nSPS) is 14.0. The van der Waals surface area contributed by atoms with E-state index in [9.17, 15) is 9.18 Å². The molecule has 4 rings (SSSR count). The molecule has 0 spiro atoms. The van der Waals surface area contributed by atoms with Gasteiger partial charge in [-0.1, -0.05) is 24.3 Å². The molecule has 1 fully saturated rings. The number of halogens is 1. The Kier molecular flexibility index (Phi) is 5.20. The Morgan fingerprint density at radius 1 is 1.07 bits per heavy atom. The highest BCUT2D eigenvalue weighted by atomic mass is 32.2. The van der Waals surface area contributed by atoms with Crippen LogP contribution in [0.2, 0.25) is 0 Å². The second-order valence-corrected chi connectivity index (χ2v) is 7.29. The van der Waals surface area contributed by atoms with Gasteiger partial charge in [0, 0.05) is 28.6 Å². The van der Waals surface area contributed by atoms with E-state index < -0.39 is 0 Å². The van der Waals surface area contributed by atoms with Crippen LogP contribution in [0.4, 0.5) is 9.18 Å². The highest BCUT2D eigenvalue weighted by Crippen LogP contribution is 2.32. The van der Waals surface area contributed by atoms with Crippen molar-refractivity contribution in [3.8, 4) is 11.3 Å². The molecular formula is C20H18FN3O2S. The topological polar surface area (TPSA) is 55.3 Å². The summed E-state index contributed by atoms with van der Waals surface area (Å²) < 4.78 is 18.2. The number of hydrogen-bond acceptors (Lipinski definition) is 5. The summed E-state index contributed by atoms with van der Waals surface area (Å²) in [5.41, 5.74) is 1.58. The maximum atomic E-state index is 13.2. The van der Waals surface area contributed by atoms with Gasteiger partial charge in [0.05, 0.1) is 6.54 Å². The number of amides is 1. The summed E-state index contributed by atoms with van der Waals surface area (Å²) in [5.74, 6) is 0.559. The van der Waals surface area contributed by atoms with Crippen LogP contribution in [0, 0.1) is 5.82 Å². The fourth-order valence-corrected chi connectivity index (χ4v) is 3.96. The lowest BCUT2D eigenvalue weighted by molar-refractivity contribution is 0.158. The summed E-state index contributed by atoms with van der Waals surface area (Å²) in [6.07, 6.45) is 0.629. The van der Waals surface area contributed by atoms with E-state index in [2.05, 4.69) is 10.2 Å². The van der Waals surface area contributed by atoms with Crippen LogP contribution >= 0.6 is 11.8 Å². The Labute approximate surface area is 160 Å². The van der Waals surface area contributed by atoms with Gasteiger partial charge < -0.3 is 9.64 Å². The Balaban J connectivity index is 1.51. The van der Waals surface area contributed by atoms with Crippen molar-refractivity contribution in [2.24, 2.45) is 0 Å². The standard InChI is InChI=1S/C20H18FN3O2S/c21-15-8-6-14(7-9-15)18-16-4-1-2-5-17(16)19(23-22-18)27-13-3-10-24-11-12-26-20(24)25/h1-2,4-9H,3,10-13H2. The molecule has 7 heteroatoms. The lowest BCUT2D eigenvalue weighted by atomic mass is 10.1. The molecule has 27 heavy (non-hydrogen) atoms. The van der Waals surface area contributed by atoms with E-state index >= 15 is 0 Å². The molecule has 0 radical (unpaired) electrons. The van der Waals surface area contributed by atoms with Gasteiger partial charge in [0.1, 0.15) is 23.1 Å². The number of carbonyl (C=O) groups is 1. The summed E-state index contributed by atoms with van der Waals surface area (Å²) in [4.78, 5) is 13.2. The van der Waals surface area contributed by atoms with E-state index in [0.29, 0.717) is 19.7 Å². The number of thioether (sulfide) groups is 1. The van der Waals surface area contributed by atoms with Crippen molar-refractivity contribution >= 4 is 28.6 Å². The van der Waals surface area contributed by atoms with Crippen LogP contribution in [0.5, 0.6) is 0 Å². The first-order chi connectivity index (χ1) is 13.2. The van der Waals surface area contributed by atoms with Crippen molar-refractivity contribution in [1.29, 1.82) is 0 Å². The first-order valence-electron chi connectivity index (χ1n) is 8.78. The average Bonchev–Trinajstić information content (AvgIpc) is 3.11. The largest absolute Gasteiger partial charge is 0.448 e. The monoisotopic (exact) mass is 383 g/mol. The zero-order valence-electron chi connectivity index (χ0n) is 14.6. The number of aromatic nitrogens is 2. The van der Waals surface area contributed by atoms with Crippen molar-refractivity contribution in [3.05, 3.63) is 54.3 Å². The van der Waals surface area contributed by atoms with E-state index in [0.717, 1.165) is 39.2 Å². The predicted octanol–water partition coefficient (Wildman–Crippen LogP) is 4.37. The van der Waals surface area contributed by atoms with Crippen LogP contribution in [-0.4, -0.2) is 46.6 Å².